The Hall–Kier alpha value is -1.88. The molecule has 5 heteroatoms. The highest BCUT2D eigenvalue weighted by atomic mass is 16.2. The van der Waals surface area contributed by atoms with E-state index < -0.39 is 0 Å². The van der Waals surface area contributed by atoms with Crippen LogP contribution in [-0.4, -0.2) is 39.3 Å². The molecule has 2 aromatic heterocycles. The van der Waals surface area contributed by atoms with E-state index in [2.05, 4.69) is 4.98 Å². The van der Waals surface area contributed by atoms with E-state index in [1.807, 2.05) is 33.8 Å². The van der Waals surface area contributed by atoms with Crippen LogP contribution in [0.2, 0.25) is 0 Å². The Morgan fingerprint density at radius 3 is 3.16 bits per heavy atom. The number of amides is 1. The van der Waals surface area contributed by atoms with Crippen LogP contribution < -0.4 is 5.73 Å². The molecule has 0 aromatic carbocycles. The van der Waals surface area contributed by atoms with Crippen LogP contribution in [0.5, 0.6) is 0 Å². The van der Waals surface area contributed by atoms with Crippen LogP contribution in [0.25, 0.3) is 5.65 Å². The summed E-state index contributed by atoms with van der Waals surface area (Å²) in [5.41, 5.74) is 7.33. The summed E-state index contributed by atoms with van der Waals surface area (Å²) in [5.74, 6) is 0.0748. The van der Waals surface area contributed by atoms with E-state index in [9.17, 15) is 4.79 Å². The van der Waals surface area contributed by atoms with Gasteiger partial charge in [-0.1, -0.05) is 0 Å². The standard InChI is InChI=1S/C14H18N4O/c15-9-12-3-1-2-7-18(12)14(19)11-4-5-13-16-6-8-17(13)10-11/h4-6,8,10,12H,1-3,7,9,15H2/t12-/m0/s1. The van der Waals surface area contributed by atoms with Crippen LogP contribution in [-0.2, 0) is 0 Å². The Bertz CT molecular complexity index is 592. The van der Waals surface area contributed by atoms with Crippen molar-refractivity contribution >= 4 is 11.6 Å². The first-order valence-electron chi connectivity index (χ1n) is 6.73. The van der Waals surface area contributed by atoms with Crippen LogP contribution in [0.1, 0.15) is 29.6 Å². The van der Waals surface area contributed by atoms with E-state index in [4.69, 9.17) is 5.73 Å². The number of rotatable bonds is 2. The smallest absolute Gasteiger partial charge is 0.255 e. The van der Waals surface area contributed by atoms with Gasteiger partial charge in [0, 0.05) is 37.7 Å². The SMILES string of the molecule is NC[C@@H]1CCCCN1C(=O)c1ccc2nccn2c1. The second kappa shape index (κ2) is 5.01. The highest BCUT2D eigenvalue weighted by Crippen LogP contribution is 2.19. The summed E-state index contributed by atoms with van der Waals surface area (Å²) in [6.07, 6.45) is 8.65. The normalized spacial score (nSPS) is 19.8. The fraction of sp³-hybridized carbons (Fsp3) is 0.429. The van der Waals surface area contributed by atoms with Crippen molar-refractivity contribution in [3.63, 3.8) is 0 Å². The largest absolute Gasteiger partial charge is 0.334 e. The maximum atomic E-state index is 12.6. The molecule has 3 heterocycles. The molecular weight excluding hydrogens is 240 g/mol. The number of imidazole rings is 1. The van der Waals surface area contributed by atoms with Gasteiger partial charge in [-0.05, 0) is 31.4 Å². The minimum Gasteiger partial charge on any atom is -0.334 e. The summed E-state index contributed by atoms with van der Waals surface area (Å²) in [4.78, 5) is 18.7. The van der Waals surface area contributed by atoms with Crippen molar-refractivity contribution in [1.82, 2.24) is 14.3 Å². The summed E-state index contributed by atoms with van der Waals surface area (Å²) in [5, 5.41) is 0. The average molecular weight is 258 g/mol. The number of carbonyl (C=O) groups excluding carboxylic acids is 1. The molecule has 0 spiro atoms. The lowest BCUT2D eigenvalue weighted by molar-refractivity contribution is 0.0623. The van der Waals surface area contributed by atoms with Crippen LogP contribution in [0, 0.1) is 0 Å². The maximum absolute atomic E-state index is 12.6. The van der Waals surface area contributed by atoms with E-state index in [-0.39, 0.29) is 11.9 Å². The third kappa shape index (κ3) is 2.21. The predicted molar refractivity (Wildman–Crippen MR) is 72.9 cm³/mol. The molecule has 2 N–H and O–H groups in total. The second-order valence-electron chi connectivity index (χ2n) is 4.99. The lowest BCUT2D eigenvalue weighted by Crippen LogP contribution is -2.47. The van der Waals surface area contributed by atoms with Crippen molar-refractivity contribution in [2.24, 2.45) is 5.73 Å². The third-order valence-corrected chi connectivity index (χ3v) is 3.80. The van der Waals surface area contributed by atoms with Crippen LogP contribution in [0.4, 0.5) is 0 Å². The molecule has 0 radical (unpaired) electrons. The molecule has 1 aliphatic rings. The number of fused-ring (bicyclic) bond motifs is 1. The number of hydrogen-bond donors (Lipinski definition) is 1. The van der Waals surface area contributed by atoms with Crippen molar-refractivity contribution in [3.8, 4) is 0 Å². The predicted octanol–water partition coefficient (Wildman–Crippen LogP) is 1.29. The molecule has 1 saturated heterocycles. The van der Waals surface area contributed by atoms with E-state index >= 15 is 0 Å². The lowest BCUT2D eigenvalue weighted by Gasteiger charge is -2.35. The number of pyridine rings is 1. The Labute approximate surface area is 112 Å². The van der Waals surface area contributed by atoms with E-state index in [0.29, 0.717) is 12.1 Å². The number of piperidine rings is 1. The van der Waals surface area contributed by atoms with Crippen molar-refractivity contribution in [1.29, 1.82) is 0 Å². The van der Waals surface area contributed by atoms with Gasteiger partial charge >= 0.3 is 0 Å². The van der Waals surface area contributed by atoms with Gasteiger partial charge in [0.15, 0.2) is 0 Å². The van der Waals surface area contributed by atoms with Gasteiger partial charge in [0.25, 0.3) is 5.91 Å². The summed E-state index contributed by atoms with van der Waals surface area (Å²) >= 11 is 0. The molecule has 0 bridgehead atoms. The van der Waals surface area contributed by atoms with Crippen molar-refractivity contribution in [2.45, 2.75) is 25.3 Å². The zero-order valence-electron chi connectivity index (χ0n) is 10.8. The first-order valence-corrected chi connectivity index (χ1v) is 6.73. The third-order valence-electron chi connectivity index (χ3n) is 3.80. The number of carbonyl (C=O) groups is 1. The monoisotopic (exact) mass is 258 g/mol. The molecule has 1 amide bonds. The Morgan fingerprint density at radius 2 is 2.32 bits per heavy atom. The van der Waals surface area contributed by atoms with Gasteiger partial charge in [-0.25, -0.2) is 4.98 Å². The highest BCUT2D eigenvalue weighted by Gasteiger charge is 2.26. The van der Waals surface area contributed by atoms with Gasteiger partial charge < -0.3 is 15.0 Å². The number of hydrogen-bond acceptors (Lipinski definition) is 3. The van der Waals surface area contributed by atoms with Crippen molar-refractivity contribution in [3.05, 3.63) is 36.3 Å². The molecule has 1 aliphatic heterocycles. The second-order valence-corrected chi connectivity index (χ2v) is 4.99. The Morgan fingerprint density at radius 1 is 1.42 bits per heavy atom. The fourth-order valence-electron chi connectivity index (χ4n) is 2.73. The van der Waals surface area contributed by atoms with Gasteiger partial charge in [-0.3, -0.25) is 4.79 Å². The molecular formula is C14H18N4O. The number of nitrogens with zero attached hydrogens (tertiary/aromatic N) is 3. The first-order chi connectivity index (χ1) is 9.29. The topological polar surface area (TPSA) is 63.6 Å². The molecule has 19 heavy (non-hydrogen) atoms. The first kappa shape index (κ1) is 12.2. The summed E-state index contributed by atoms with van der Waals surface area (Å²) in [6, 6.07) is 3.89. The molecule has 1 fully saturated rings. The molecule has 5 nitrogen and oxygen atoms in total. The van der Waals surface area contributed by atoms with Crippen LogP contribution in [0.15, 0.2) is 30.7 Å². The minimum atomic E-state index is 0.0748. The Kier molecular flexibility index (Phi) is 3.21. The van der Waals surface area contributed by atoms with Gasteiger partial charge in [-0.2, -0.15) is 0 Å². The molecule has 0 unspecified atom stereocenters. The van der Waals surface area contributed by atoms with Crippen molar-refractivity contribution in [2.75, 3.05) is 13.1 Å². The molecule has 1 atom stereocenters. The minimum absolute atomic E-state index is 0.0748. The molecule has 2 aromatic rings. The van der Waals surface area contributed by atoms with E-state index in [1.54, 1.807) is 6.20 Å². The summed E-state index contributed by atoms with van der Waals surface area (Å²) in [6.45, 7) is 1.35. The fourth-order valence-corrected chi connectivity index (χ4v) is 2.73. The van der Waals surface area contributed by atoms with Gasteiger partial charge in [0.1, 0.15) is 5.65 Å². The number of nitrogens with two attached hydrogens (primary N) is 1. The number of likely N-dealkylation sites (tertiary alicyclic amines) is 1. The van der Waals surface area contributed by atoms with Crippen LogP contribution in [0.3, 0.4) is 0 Å². The Balaban J connectivity index is 1.89. The zero-order valence-corrected chi connectivity index (χ0v) is 10.8. The summed E-state index contributed by atoms with van der Waals surface area (Å²) in [7, 11) is 0. The maximum Gasteiger partial charge on any atom is 0.255 e. The van der Waals surface area contributed by atoms with E-state index in [0.717, 1.165) is 31.5 Å². The quantitative estimate of drug-likeness (QED) is 0.882. The van der Waals surface area contributed by atoms with Gasteiger partial charge in [0.05, 0.1) is 5.56 Å². The van der Waals surface area contributed by atoms with E-state index in [1.165, 1.54) is 0 Å². The lowest BCUT2D eigenvalue weighted by atomic mass is 10.0. The molecule has 3 rings (SSSR count). The molecule has 0 aliphatic carbocycles. The molecule has 0 saturated carbocycles. The van der Waals surface area contributed by atoms with Crippen molar-refractivity contribution < 1.29 is 4.79 Å². The molecule has 100 valence electrons. The number of aromatic nitrogens is 2. The zero-order chi connectivity index (χ0) is 13.2. The summed E-state index contributed by atoms with van der Waals surface area (Å²) < 4.78 is 1.87. The van der Waals surface area contributed by atoms with Gasteiger partial charge in [0.2, 0.25) is 0 Å². The van der Waals surface area contributed by atoms with Crippen LogP contribution >= 0.6 is 0 Å². The highest BCUT2D eigenvalue weighted by molar-refractivity contribution is 5.94. The average Bonchev–Trinajstić information content (AvgIpc) is 2.93. The van der Waals surface area contributed by atoms with Gasteiger partial charge in [-0.15, -0.1) is 0 Å².